The van der Waals surface area contributed by atoms with Gasteiger partial charge in [-0.3, -0.25) is 14.4 Å². The van der Waals surface area contributed by atoms with E-state index < -0.39 is 6.10 Å². The zero-order valence-corrected chi connectivity index (χ0v) is 41.6. The number of carbonyl (C=O) groups is 3. The molecule has 0 N–H and O–H groups in total. The number of esters is 3. The van der Waals surface area contributed by atoms with Crippen LogP contribution in [0.15, 0.2) is 0 Å². The van der Waals surface area contributed by atoms with E-state index in [9.17, 15) is 14.4 Å². The van der Waals surface area contributed by atoms with Crippen molar-refractivity contribution in [2.45, 2.75) is 316 Å². The van der Waals surface area contributed by atoms with Gasteiger partial charge in [-0.15, -0.1) is 0 Å². The third kappa shape index (κ3) is 47.7. The van der Waals surface area contributed by atoms with Gasteiger partial charge in [0.2, 0.25) is 0 Å². The molecular weight excluding hydrogens is 757 g/mol. The molecule has 0 rings (SSSR count). The second-order valence-corrected chi connectivity index (χ2v) is 19.1. The molecule has 61 heavy (non-hydrogen) atoms. The van der Waals surface area contributed by atoms with E-state index in [1.807, 2.05) is 0 Å². The van der Waals surface area contributed by atoms with Gasteiger partial charge in [-0.2, -0.15) is 0 Å². The summed E-state index contributed by atoms with van der Waals surface area (Å²) >= 11 is 0. The van der Waals surface area contributed by atoms with Gasteiger partial charge in [-0.1, -0.05) is 272 Å². The minimum atomic E-state index is -0.759. The van der Waals surface area contributed by atoms with Crippen molar-refractivity contribution >= 4 is 17.9 Å². The standard InChI is InChI=1S/C55H106O6/c1-5-8-10-12-13-14-15-16-17-23-26-29-32-35-39-42-46-53(56)59-49-52(61-55(58)48-44-37-11-9-6-2)50-60-54(57)47-43-40-36-33-30-27-24-21-19-18-20-22-25-28-31-34-38-41-45-51(4)7-3/h51-52H,5-50H2,1-4H3/t51?,52-/m1/s1. The molecular formula is C55H106O6. The van der Waals surface area contributed by atoms with E-state index in [0.717, 1.165) is 70.1 Å². The Balaban J connectivity index is 4.00. The maximum Gasteiger partial charge on any atom is 0.306 e. The second-order valence-electron chi connectivity index (χ2n) is 19.1. The summed E-state index contributed by atoms with van der Waals surface area (Å²) in [5.41, 5.74) is 0. The summed E-state index contributed by atoms with van der Waals surface area (Å²) in [6.45, 7) is 9.01. The quantitative estimate of drug-likeness (QED) is 0.0344. The molecule has 6 heteroatoms. The first kappa shape index (κ1) is 59.4. The maximum atomic E-state index is 12.6. The van der Waals surface area contributed by atoms with Crippen LogP contribution >= 0.6 is 0 Å². The minimum absolute atomic E-state index is 0.0640. The SMILES string of the molecule is CCCCCCCCCCCCCCCCCCC(=O)OC[C@H](COC(=O)CCCCCCCCCCCCCCCCCCCCC(C)CC)OC(=O)CCCCCCC. The zero-order valence-electron chi connectivity index (χ0n) is 41.6. The monoisotopic (exact) mass is 863 g/mol. The van der Waals surface area contributed by atoms with Crippen LogP contribution in [-0.2, 0) is 28.6 Å². The molecule has 0 aromatic rings. The predicted molar refractivity (Wildman–Crippen MR) is 261 cm³/mol. The molecule has 2 atom stereocenters. The Labute approximate surface area is 380 Å². The third-order valence-corrected chi connectivity index (χ3v) is 12.9. The van der Waals surface area contributed by atoms with Crippen LogP contribution in [0.2, 0.25) is 0 Å². The fraction of sp³-hybridized carbons (Fsp3) is 0.945. The van der Waals surface area contributed by atoms with E-state index in [-0.39, 0.29) is 31.1 Å². The Kier molecular flexibility index (Phi) is 48.1. The molecule has 0 amide bonds. The summed E-state index contributed by atoms with van der Waals surface area (Å²) in [6, 6.07) is 0. The Morgan fingerprint density at radius 1 is 0.328 bits per heavy atom. The van der Waals surface area contributed by atoms with E-state index in [1.54, 1.807) is 0 Å². The molecule has 0 aliphatic rings. The van der Waals surface area contributed by atoms with Crippen LogP contribution in [-0.4, -0.2) is 37.2 Å². The molecule has 1 unspecified atom stereocenters. The number of hydrogen-bond acceptors (Lipinski definition) is 6. The number of hydrogen-bond donors (Lipinski definition) is 0. The summed E-state index contributed by atoms with van der Waals surface area (Å²) in [6.07, 6.45) is 52.7. The Hall–Kier alpha value is -1.59. The molecule has 0 saturated heterocycles. The molecule has 0 aliphatic carbocycles. The highest BCUT2D eigenvalue weighted by Crippen LogP contribution is 2.18. The lowest BCUT2D eigenvalue weighted by Gasteiger charge is -2.18. The first-order chi connectivity index (χ1) is 29.9. The lowest BCUT2D eigenvalue weighted by atomic mass is 9.99. The Morgan fingerprint density at radius 3 is 0.852 bits per heavy atom. The maximum absolute atomic E-state index is 12.6. The zero-order chi connectivity index (χ0) is 44.5. The normalized spacial score (nSPS) is 12.4. The van der Waals surface area contributed by atoms with Gasteiger partial charge in [0, 0.05) is 19.3 Å². The van der Waals surface area contributed by atoms with Crippen molar-refractivity contribution in [2.75, 3.05) is 13.2 Å². The summed E-state index contributed by atoms with van der Waals surface area (Å²) in [5, 5.41) is 0. The van der Waals surface area contributed by atoms with Gasteiger partial charge in [0.25, 0.3) is 0 Å². The van der Waals surface area contributed by atoms with E-state index in [1.165, 1.54) is 199 Å². The van der Waals surface area contributed by atoms with Gasteiger partial charge >= 0.3 is 17.9 Å². The van der Waals surface area contributed by atoms with Gasteiger partial charge in [0.15, 0.2) is 6.10 Å². The molecule has 0 fully saturated rings. The average molecular weight is 863 g/mol. The van der Waals surface area contributed by atoms with Crippen LogP contribution in [0.1, 0.15) is 310 Å². The largest absolute Gasteiger partial charge is 0.462 e. The molecule has 0 aromatic heterocycles. The Bertz CT molecular complexity index is 920. The number of carbonyl (C=O) groups excluding carboxylic acids is 3. The first-order valence-corrected chi connectivity index (χ1v) is 27.4. The highest BCUT2D eigenvalue weighted by molar-refractivity contribution is 5.71. The van der Waals surface area contributed by atoms with E-state index in [0.29, 0.717) is 19.3 Å². The van der Waals surface area contributed by atoms with Crippen molar-refractivity contribution in [1.82, 2.24) is 0 Å². The summed E-state index contributed by atoms with van der Waals surface area (Å²) in [4.78, 5) is 37.7. The van der Waals surface area contributed by atoms with Crippen LogP contribution in [0.3, 0.4) is 0 Å². The first-order valence-electron chi connectivity index (χ1n) is 27.4. The average Bonchev–Trinajstić information content (AvgIpc) is 3.26. The fourth-order valence-electron chi connectivity index (χ4n) is 8.36. The molecule has 6 nitrogen and oxygen atoms in total. The van der Waals surface area contributed by atoms with Crippen LogP contribution in [0.25, 0.3) is 0 Å². The third-order valence-electron chi connectivity index (χ3n) is 12.9. The van der Waals surface area contributed by atoms with E-state index in [4.69, 9.17) is 14.2 Å². The minimum Gasteiger partial charge on any atom is -0.462 e. The van der Waals surface area contributed by atoms with Crippen molar-refractivity contribution < 1.29 is 28.6 Å². The molecule has 0 radical (unpaired) electrons. The Morgan fingerprint density at radius 2 is 0.574 bits per heavy atom. The van der Waals surface area contributed by atoms with E-state index in [2.05, 4.69) is 27.7 Å². The summed E-state index contributed by atoms with van der Waals surface area (Å²) < 4.78 is 16.7. The lowest BCUT2D eigenvalue weighted by molar-refractivity contribution is -0.167. The van der Waals surface area contributed by atoms with Gasteiger partial charge in [-0.25, -0.2) is 0 Å². The van der Waals surface area contributed by atoms with Crippen molar-refractivity contribution in [3.63, 3.8) is 0 Å². The fourth-order valence-corrected chi connectivity index (χ4v) is 8.36. The molecule has 0 saturated carbocycles. The van der Waals surface area contributed by atoms with Crippen LogP contribution in [0, 0.1) is 5.92 Å². The highest BCUT2D eigenvalue weighted by atomic mass is 16.6. The number of ether oxygens (including phenoxy) is 3. The van der Waals surface area contributed by atoms with Crippen molar-refractivity contribution in [2.24, 2.45) is 5.92 Å². The molecule has 362 valence electrons. The van der Waals surface area contributed by atoms with Gasteiger partial charge < -0.3 is 14.2 Å². The molecule has 0 aliphatic heterocycles. The second kappa shape index (κ2) is 49.4. The van der Waals surface area contributed by atoms with E-state index >= 15 is 0 Å². The molecule has 0 heterocycles. The summed E-state index contributed by atoms with van der Waals surface area (Å²) in [5.74, 6) is 0.0533. The van der Waals surface area contributed by atoms with Crippen molar-refractivity contribution in [3.8, 4) is 0 Å². The summed E-state index contributed by atoms with van der Waals surface area (Å²) in [7, 11) is 0. The predicted octanol–water partition coefficient (Wildman–Crippen LogP) is 17.8. The van der Waals surface area contributed by atoms with Crippen molar-refractivity contribution in [1.29, 1.82) is 0 Å². The van der Waals surface area contributed by atoms with Gasteiger partial charge in [-0.05, 0) is 25.2 Å². The molecule has 0 bridgehead atoms. The highest BCUT2D eigenvalue weighted by Gasteiger charge is 2.19. The number of rotatable bonds is 50. The lowest BCUT2D eigenvalue weighted by Crippen LogP contribution is -2.30. The smallest absolute Gasteiger partial charge is 0.306 e. The van der Waals surface area contributed by atoms with Gasteiger partial charge in [0.05, 0.1) is 0 Å². The topological polar surface area (TPSA) is 78.9 Å². The van der Waals surface area contributed by atoms with Crippen molar-refractivity contribution in [3.05, 3.63) is 0 Å². The van der Waals surface area contributed by atoms with Crippen LogP contribution in [0.5, 0.6) is 0 Å². The van der Waals surface area contributed by atoms with Gasteiger partial charge in [0.1, 0.15) is 13.2 Å². The van der Waals surface area contributed by atoms with Crippen LogP contribution in [0.4, 0.5) is 0 Å². The molecule has 0 aromatic carbocycles. The number of unbranched alkanes of at least 4 members (excludes halogenated alkanes) is 36. The molecule has 0 spiro atoms. The van der Waals surface area contributed by atoms with Crippen LogP contribution < -0.4 is 0 Å².